The molecule has 0 spiro atoms. The largest absolute Gasteiger partial charge is 0.464 e. The molecule has 0 saturated carbocycles. The van der Waals surface area contributed by atoms with E-state index in [0.717, 1.165) is 0 Å². The molecule has 2 atom stereocenters. The van der Waals surface area contributed by atoms with Crippen molar-refractivity contribution in [2.75, 3.05) is 6.61 Å². The molecule has 20 heavy (non-hydrogen) atoms. The van der Waals surface area contributed by atoms with Gasteiger partial charge in [0.15, 0.2) is 0 Å². The number of hydrogen-bond acceptors (Lipinski definition) is 4. The summed E-state index contributed by atoms with van der Waals surface area (Å²) in [5.41, 5.74) is -0.749. The first kappa shape index (κ1) is 18.7. The van der Waals surface area contributed by atoms with Crippen LogP contribution < -0.4 is 5.32 Å². The van der Waals surface area contributed by atoms with E-state index in [-0.39, 0.29) is 17.9 Å². The molecule has 1 unspecified atom stereocenters. The number of esters is 1. The van der Waals surface area contributed by atoms with Crippen LogP contribution in [0.5, 0.6) is 0 Å². The Bertz CT molecular complexity index is 339. The van der Waals surface area contributed by atoms with E-state index < -0.39 is 23.7 Å². The number of amides is 1. The third kappa shape index (κ3) is 6.78. The van der Waals surface area contributed by atoms with E-state index in [2.05, 4.69) is 5.32 Å². The highest BCUT2D eigenvalue weighted by atomic mass is 16.6. The van der Waals surface area contributed by atoms with Gasteiger partial charge in [-0.05, 0) is 39.0 Å². The van der Waals surface area contributed by atoms with Crippen molar-refractivity contribution in [3.05, 3.63) is 0 Å². The third-order valence-corrected chi connectivity index (χ3v) is 3.08. The fourth-order valence-electron chi connectivity index (χ4n) is 1.55. The summed E-state index contributed by atoms with van der Waals surface area (Å²) in [6, 6.07) is -0.718. The van der Waals surface area contributed by atoms with Crippen molar-refractivity contribution in [1.82, 2.24) is 5.32 Å². The molecule has 0 aliphatic heterocycles. The van der Waals surface area contributed by atoms with Crippen LogP contribution in [0.15, 0.2) is 0 Å². The van der Waals surface area contributed by atoms with Gasteiger partial charge in [-0.25, -0.2) is 9.59 Å². The molecular formula is C15H29NO4. The van der Waals surface area contributed by atoms with Crippen LogP contribution in [-0.2, 0) is 14.3 Å². The predicted molar refractivity (Wildman–Crippen MR) is 78.4 cm³/mol. The van der Waals surface area contributed by atoms with Crippen LogP contribution in [0.2, 0.25) is 0 Å². The molecule has 0 aromatic rings. The fraction of sp³-hybridized carbons (Fsp3) is 0.867. The van der Waals surface area contributed by atoms with Crippen LogP contribution in [0.1, 0.15) is 55.4 Å². The van der Waals surface area contributed by atoms with Crippen molar-refractivity contribution in [2.45, 2.75) is 67.0 Å². The van der Waals surface area contributed by atoms with Crippen molar-refractivity contribution in [2.24, 2.45) is 11.3 Å². The molecule has 5 nitrogen and oxygen atoms in total. The maximum absolute atomic E-state index is 12.0. The average molecular weight is 287 g/mol. The zero-order chi connectivity index (χ0) is 16.1. The minimum Gasteiger partial charge on any atom is -0.464 e. The first-order valence-electron chi connectivity index (χ1n) is 7.04. The molecule has 0 aromatic carbocycles. The minimum atomic E-state index is -0.718. The lowest BCUT2D eigenvalue weighted by Crippen LogP contribution is -2.50. The van der Waals surface area contributed by atoms with Gasteiger partial charge in [-0.3, -0.25) is 0 Å². The highest BCUT2D eigenvalue weighted by molar-refractivity contribution is 5.81. The number of rotatable bonds is 4. The summed E-state index contributed by atoms with van der Waals surface area (Å²) >= 11 is 0. The molecule has 0 heterocycles. The molecule has 0 saturated heterocycles. The minimum absolute atomic E-state index is 0.0888. The molecule has 0 radical (unpaired) electrons. The lowest BCUT2D eigenvalue weighted by atomic mass is 9.77. The van der Waals surface area contributed by atoms with Gasteiger partial charge < -0.3 is 14.8 Å². The number of nitrogens with one attached hydrogen (secondary N) is 1. The van der Waals surface area contributed by atoms with E-state index in [1.54, 1.807) is 27.7 Å². The van der Waals surface area contributed by atoms with Crippen molar-refractivity contribution in [1.29, 1.82) is 0 Å². The first-order valence-corrected chi connectivity index (χ1v) is 7.04. The number of ether oxygens (including phenoxy) is 2. The Balaban J connectivity index is 4.96. The average Bonchev–Trinajstić information content (AvgIpc) is 2.21. The summed E-state index contributed by atoms with van der Waals surface area (Å²) in [6.45, 7) is 15.3. The van der Waals surface area contributed by atoms with Gasteiger partial charge in [0.05, 0.1) is 6.61 Å². The van der Waals surface area contributed by atoms with Crippen molar-refractivity contribution in [3.8, 4) is 0 Å². The zero-order valence-corrected chi connectivity index (χ0v) is 14.0. The Morgan fingerprint density at radius 1 is 1.10 bits per heavy atom. The van der Waals surface area contributed by atoms with Crippen LogP contribution in [0.3, 0.4) is 0 Å². The van der Waals surface area contributed by atoms with E-state index in [1.165, 1.54) is 0 Å². The van der Waals surface area contributed by atoms with Crippen molar-refractivity contribution >= 4 is 12.1 Å². The van der Waals surface area contributed by atoms with Gasteiger partial charge in [-0.2, -0.15) is 0 Å². The van der Waals surface area contributed by atoms with Gasteiger partial charge in [-0.1, -0.05) is 27.7 Å². The summed E-state index contributed by atoms with van der Waals surface area (Å²) in [4.78, 5) is 23.9. The molecule has 0 rings (SSSR count). The van der Waals surface area contributed by atoms with Gasteiger partial charge in [0.1, 0.15) is 11.6 Å². The Hall–Kier alpha value is -1.26. The van der Waals surface area contributed by atoms with Crippen LogP contribution in [-0.4, -0.2) is 30.3 Å². The lowest BCUT2D eigenvalue weighted by Gasteiger charge is -2.33. The van der Waals surface area contributed by atoms with Crippen molar-refractivity contribution < 1.29 is 19.1 Å². The Morgan fingerprint density at radius 2 is 1.60 bits per heavy atom. The summed E-state index contributed by atoms with van der Waals surface area (Å²) in [5.74, 6) is -0.519. The molecule has 0 bridgehead atoms. The van der Waals surface area contributed by atoms with Gasteiger partial charge >= 0.3 is 12.1 Å². The smallest absolute Gasteiger partial charge is 0.408 e. The van der Waals surface area contributed by atoms with E-state index >= 15 is 0 Å². The fourth-order valence-corrected chi connectivity index (χ4v) is 1.55. The third-order valence-electron chi connectivity index (χ3n) is 3.08. The van der Waals surface area contributed by atoms with Gasteiger partial charge in [-0.15, -0.1) is 0 Å². The van der Waals surface area contributed by atoms with Crippen LogP contribution in [0, 0.1) is 11.3 Å². The molecule has 1 N–H and O–H groups in total. The maximum atomic E-state index is 12.0. The Labute approximate surface area is 122 Å². The number of hydrogen-bond donors (Lipinski definition) is 1. The highest BCUT2D eigenvalue weighted by Gasteiger charge is 2.36. The van der Waals surface area contributed by atoms with Crippen LogP contribution in [0.25, 0.3) is 0 Å². The summed E-state index contributed by atoms with van der Waals surface area (Å²) in [6.07, 6.45) is -0.605. The molecule has 1 amide bonds. The molecule has 5 heteroatoms. The predicted octanol–water partition coefficient (Wildman–Crippen LogP) is 3.13. The van der Waals surface area contributed by atoms with E-state index in [4.69, 9.17) is 9.47 Å². The molecule has 0 fully saturated rings. The van der Waals surface area contributed by atoms with Gasteiger partial charge in [0.2, 0.25) is 0 Å². The topological polar surface area (TPSA) is 64.6 Å². The van der Waals surface area contributed by atoms with Crippen LogP contribution in [0.4, 0.5) is 4.79 Å². The number of carbonyl (C=O) groups is 2. The second-order valence-electron chi connectivity index (χ2n) is 7.03. The lowest BCUT2D eigenvalue weighted by molar-refractivity contribution is -0.148. The summed E-state index contributed by atoms with van der Waals surface area (Å²) in [5, 5.41) is 2.63. The molecule has 118 valence electrons. The van der Waals surface area contributed by atoms with Crippen molar-refractivity contribution in [3.63, 3.8) is 0 Å². The maximum Gasteiger partial charge on any atom is 0.408 e. The molecular weight excluding hydrogens is 258 g/mol. The molecule has 0 aliphatic rings. The molecule has 0 aromatic heterocycles. The molecule has 0 aliphatic carbocycles. The second kappa shape index (κ2) is 6.95. The summed E-state index contributed by atoms with van der Waals surface area (Å²) in [7, 11) is 0. The SMILES string of the molecule is CCOC(=O)[C@@H](NC(=O)OC(C)(C)C)C(C)C(C)(C)C. The normalized spacial score (nSPS) is 15.2. The van der Waals surface area contributed by atoms with Crippen LogP contribution >= 0.6 is 0 Å². The monoisotopic (exact) mass is 287 g/mol. The summed E-state index contributed by atoms with van der Waals surface area (Å²) < 4.78 is 10.2. The highest BCUT2D eigenvalue weighted by Crippen LogP contribution is 2.29. The van der Waals surface area contributed by atoms with Gasteiger partial charge in [0.25, 0.3) is 0 Å². The van der Waals surface area contributed by atoms with E-state index in [0.29, 0.717) is 0 Å². The number of carbonyl (C=O) groups excluding carboxylic acids is 2. The second-order valence-corrected chi connectivity index (χ2v) is 7.03. The zero-order valence-electron chi connectivity index (χ0n) is 14.0. The van der Waals surface area contributed by atoms with Gasteiger partial charge in [0, 0.05) is 0 Å². The first-order chi connectivity index (χ1) is 8.88. The Kier molecular flexibility index (Phi) is 6.51. The standard InChI is InChI=1S/C15H29NO4/c1-9-19-12(17)11(10(2)14(3,4)5)16-13(18)20-15(6,7)8/h10-11H,9H2,1-8H3,(H,16,18)/t10?,11-/m0/s1. The van der Waals surface area contributed by atoms with E-state index in [1.807, 2.05) is 27.7 Å². The van der Waals surface area contributed by atoms with E-state index in [9.17, 15) is 9.59 Å². The Morgan fingerprint density at radius 3 is 1.95 bits per heavy atom. The quantitative estimate of drug-likeness (QED) is 0.807. The number of alkyl carbamates (subject to hydrolysis) is 1.